The van der Waals surface area contributed by atoms with E-state index < -0.39 is 27.2 Å². The van der Waals surface area contributed by atoms with Crippen LogP contribution < -0.4 is 11.1 Å². The number of sulfonamides is 1. The number of hydrogen-bond acceptors (Lipinski definition) is 4. The van der Waals surface area contributed by atoms with Crippen molar-refractivity contribution in [3.63, 3.8) is 0 Å². The minimum Gasteiger partial charge on any atom is -0.368 e. The van der Waals surface area contributed by atoms with Crippen LogP contribution >= 0.6 is 0 Å². The summed E-state index contributed by atoms with van der Waals surface area (Å²) in [5.41, 5.74) is 5.22. The second kappa shape index (κ2) is 4.31. The molecule has 0 spiro atoms. The first-order chi connectivity index (χ1) is 7.53. The van der Waals surface area contributed by atoms with Crippen LogP contribution in [-0.2, 0) is 14.8 Å². The van der Waals surface area contributed by atoms with Gasteiger partial charge in [-0.25, -0.2) is 8.42 Å². The highest BCUT2D eigenvalue weighted by Crippen LogP contribution is 2.25. The lowest BCUT2D eigenvalue weighted by molar-refractivity contribution is -0.121. The van der Waals surface area contributed by atoms with Crippen LogP contribution in [0, 0.1) is 0 Å². The molecule has 0 bridgehead atoms. The van der Waals surface area contributed by atoms with Crippen molar-refractivity contribution in [3.05, 3.63) is 0 Å². The van der Waals surface area contributed by atoms with Crippen molar-refractivity contribution >= 4 is 15.9 Å². The highest BCUT2D eigenvalue weighted by Gasteiger charge is 2.42. The van der Waals surface area contributed by atoms with Gasteiger partial charge in [0, 0.05) is 13.1 Å². The molecular weight excluding hydrogens is 230 g/mol. The van der Waals surface area contributed by atoms with E-state index in [-0.39, 0.29) is 0 Å². The molecule has 0 saturated carbocycles. The van der Waals surface area contributed by atoms with Gasteiger partial charge in [-0.1, -0.05) is 0 Å². The van der Waals surface area contributed by atoms with E-state index in [0.29, 0.717) is 32.4 Å². The minimum atomic E-state index is -3.36. The van der Waals surface area contributed by atoms with Crippen LogP contribution in [0.1, 0.15) is 19.3 Å². The summed E-state index contributed by atoms with van der Waals surface area (Å²) in [7, 11) is -3.36. The molecule has 2 rings (SSSR count). The molecule has 0 aromatic carbocycles. The highest BCUT2D eigenvalue weighted by atomic mass is 32.2. The van der Waals surface area contributed by atoms with Crippen LogP contribution in [0.2, 0.25) is 0 Å². The normalized spacial score (nSPS) is 32.0. The summed E-state index contributed by atoms with van der Waals surface area (Å²) >= 11 is 0. The van der Waals surface area contributed by atoms with Crippen molar-refractivity contribution in [2.24, 2.45) is 5.73 Å². The first-order valence-electron chi connectivity index (χ1n) is 5.54. The van der Waals surface area contributed by atoms with Crippen LogP contribution in [0.4, 0.5) is 0 Å². The fourth-order valence-electron chi connectivity index (χ4n) is 2.40. The zero-order chi connectivity index (χ0) is 11.8. The lowest BCUT2D eigenvalue weighted by Gasteiger charge is -2.24. The number of nitrogens with two attached hydrogens (primary N) is 1. The Bertz CT molecular complexity index is 375. The largest absolute Gasteiger partial charge is 0.368 e. The van der Waals surface area contributed by atoms with Gasteiger partial charge in [0.25, 0.3) is 0 Å². The Morgan fingerprint density at radius 3 is 2.69 bits per heavy atom. The smallest absolute Gasteiger partial charge is 0.235 e. The zero-order valence-electron chi connectivity index (χ0n) is 9.05. The number of rotatable bonds is 3. The van der Waals surface area contributed by atoms with E-state index in [0.717, 1.165) is 6.54 Å². The van der Waals surface area contributed by atoms with Gasteiger partial charge in [-0.2, -0.15) is 4.31 Å². The number of amides is 1. The summed E-state index contributed by atoms with van der Waals surface area (Å²) < 4.78 is 25.8. The number of nitrogens with zero attached hydrogens (tertiary/aromatic N) is 1. The molecule has 0 aliphatic carbocycles. The standard InChI is InChI=1S/C9H17N3O3S/c10-9(13)8-2-1-5-12(8)16(14,15)7-3-4-11-6-7/h7-8,11H,1-6H2,(H2,10,13). The summed E-state index contributed by atoms with van der Waals surface area (Å²) in [6.07, 6.45) is 1.88. The van der Waals surface area contributed by atoms with E-state index in [1.807, 2.05) is 0 Å². The third kappa shape index (κ3) is 1.94. The van der Waals surface area contributed by atoms with E-state index in [1.165, 1.54) is 4.31 Å². The summed E-state index contributed by atoms with van der Waals surface area (Å²) in [5.74, 6) is -0.535. The Kier molecular flexibility index (Phi) is 3.18. The molecular formula is C9H17N3O3S. The third-order valence-corrected chi connectivity index (χ3v) is 5.63. The van der Waals surface area contributed by atoms with E-state index in [4.69, 9.17) is 5.73 Å². The lowest BCUT2D eigenvalue weighted by Crippen LogP contribution is -2.47. The number of carbonyl (C=O) groups is 1. The summed E-state index contributed by atoms with van der Waals surface area (Å²) in [6.45, 7) is 1.62. The SMILES string of the molecule is NC(=O)C1CCCN1S(=O)(=O)C1CCNC1. The Hall–Kier alpha value is -0.660. The van der Waals surface area contributed by atoms with Crippen LogP contribution in [-0.4, -0.2) is 49.6 Å². The zero-order valence-corrected chi connectivity index (χ0v) is 9.87. The van der Waals surface area contributed by atoms with Gasteiger partial charge in [0.2, 0.25) is 15.9 Å². The topological polar surface area (TPSA) is 92.5 Å². The molecule has 92 valence electrons. The highest BCUT2D eigenvalue weighted by molar-refractivity contribution is 7.89. The maximum Gasteiger partial charge on any atom is 0.235 e. The van der Waals surface area contributed by atoms with E-state index in [2.05, 4.69) is 5.32 Å². The molecule has 2 fully saturated rings. The molecule has 6 nitrogen and oxygen atoms in total. The molecule has 2 aliphatic rings. The average molecular weight is 247 g/mol. The van der Waals surface area contributed by atoms with E-state index in [1.54, 1.807) is 0 Å². The quantitative estimate of drug-likeness (QED) is 0.643. The number of hydrogen-bond donors (Lipinski definition) is 2. The third-order valence-electron chi connectivity index (χ3n) is 3.30. The molecule has 2 aliphatic heterocycles. The van der Waals surface area contributed by atoms with Crippen LogP contribution in [0.3, 0.4) is 0 Å². The van der Waals surface area contributed by atoms with Gasteiger partial charge in [-0.3, -0.25) is 4.79 Å². The fraction of sp³-hybridized carbons (Fsp3) is 0.889. The number of primary amides is 1. The van der Waals surface area contributed by atoms with Crippen molar-refractivity contribution in [3.8, 4) is 0 Å². The lowest BCUT2D eigenvalue weighted by atomic mass is 10.2. The summed E-state index contributed by atoms with van der Waals surface area (Å²) in [5, 5.41) is 2.63. The van der Waals surface area contributed by atoms with Gasteiger partial charge >= 0.3 is 0 Å². The van der Waals surface area contributed by atoms with Crippen molar-refractivity contribution in [1.29, 1.82) is 0 Å². The number of nitrogens with one attached hydrogen (secondary N) is 1. The first-order valence-corrected chi connectivity index (χ1v) is 7.04. The van der Waals surface area contributed by atoms with Crippen LogP contribution in [0.5, 0.6) is 0 Å². The van der Waals surface area contributed by atoms with Gasteiger partial charge in [-0.05, 0) is 25.8 Å². The molecule has 0 radical (unpaired) electrons. The molecule has 1 amide bonds. The van der Waals surface area contributed by atoms with E-state index in [9.17, 15) is 13.2 Å². The predicted octanol–water partition coefficient (Wildman–Crippen LogP) is -1.37. The molecule has 0 aromatic rings. The second-order valence-electron chi connectivity index (χ2n) is 4.33. The van der Waals surface area contributed by atoms with Crippen molar-refractivity contribution < 1.29 is 13.2 Å². The van der Waals surface area contributed by atoms with Crippen molar-refractivity contribution in [2.75, 3.05) is 19.6 Å². The fourth-order valence-corrected chi connectivity index (χ4v) is 4.48. The monoisotopic (exact) mass is 247 g/mol. The van der Waals surface area contributed by atoms with Gasteiger partial charge in [0.05, 0.1) is 5.25 Å². The Morgan fingerprint density at radius 2 is 2.12 bits per heavy atom. The molecule has 16 heavy (non-hydrogen) atoms. The first kappa shape index (κ1) is 11.8. The molecule has 2 saturated heterocycles. The van der Waals surface area contributed by atoms with Crippen molar-refractivity contribution in [1.82, 2.24) is 9.62 Å². The summed E-state index contributed by atoms with van der Waals surface area (Å²) in [4.78, 5) is 11.2. The molecule has 7 heteroatoms. The molecule has 2 atom stereocenters. The Balaban J connectivity index is 2.19. The molecule has 3 N–H and O–H groups in total. The summed E-state index contributed by atoms with van der Waals surface area (Å²) in [6, 6.07) is -0.634. The van der Waals surface area contributed by atoms with Gasteiger partial charge in [0.1, 0.15) is 6.04 Å². The predicted molar refractivity (Wildman–Crippen MR) is 59.1 cm³/mol. The number of carbonyl (C=O) groups excluding carboxylic acids is 1. The van der Waals surface area contributed by atoms with Gasteiger partial charge in [-0.15, -0.1) is 0 Å². The van der Waals surface area contributed by atoms with Crippen LogP contribution in [0.15, 0.2) is 0 Å². The Labute approximate surface area is 95.2 Å². The van der Waals surface area contributed by atoms with Crippen LogP contribution in [0.25, 0.3) is 0 Å². The second-order valence-corrected chi connectivity index (χ2v) is 6.50. The average Bonchev–Trinajstić information content (AvgIpc) is 2.89. The Morgan fingerprint density at radius 1 is 1.38 bits per heavy atom. The van der Waals surface area contributed by atoms with Gasteiger partial charge < -0.3 is 11.1 Å². The molecule has 2 unspecified atom stereocenters. The van der Waals surface area contributed by atoms with Gasteiger partial charge in [0.15, 0.2) is 0 Å². The molecule has 0 aromatic heterocycles. The maximum absolute atomic E-state index is 12.2. The van der Waals surface area contributed by atoms with E-state index >= 15 is 0 Å². The van der Waals surface area contributed by atoms with Crippen molar-refractivity contribution in [2.45, 2.75) is 30.6 Å². The minimum absolute atomic E-state index is 0.396. The maximum atomic E-state index is 12.2. The molecule has 2 heterocycles.